The first-order valence-electron chi connectivity index (χ1n) is 10.2. The largest absolute Gasteiger partial charge is 0.493 e. The zero-order valence-electron chi connectivity index (χ0n) is 18.4. The number of amides is 1. The molecule has 8 nitrogen and oxygen atoms in total. The maximum Gasteiger partial charge on any atom is 0.339 e. The first-order chi connectivity index (χ1) is 16.2. The van der Waals surface area contributed by atoms with Gasteiger partial charge in [-0.1, -0.05) is 29.8 Å². The van der Waals surface area contributed by atoms with E-state index in [2.05, 4.69) is 5.32 Å². The van der Waals surface area contributed by atoms with Crippen LogP contribution in [0.1, 0.15) is 21.5 Å². The summed E-state index contributed by atoms with van der Waals surface area (Å²) in [5.41, 5.74) is 2.33. The van der Waals surface area contributed by atoms with Crippen LogP contribution in [0.3, 0.4) is 0 Å². The zero-order chi connectivity index (χ0) is 24.3. The molecule has 0 aliphatic carbocycles. The molecule has 0 saturated carbocycles. The average molecular weight is 480 g/mol. The van der Waals surface area contributed by atoms with Crippen LogP contribution in [-0.4, -0.2) is 33.8 Å². The summed E-state index contributed by atoms with van der Waals surface area (Å²) in [6.07, 6.45) is 2.93. The molecule has 0 fully saturated rings. The van der Waals surface area contributed by atoms with E-state index in [1.165, 1.54) is 31.4 Å². The van der Waals surface area contributed by atoms with Gasteiger partial charge in [-0.15, -0.1) is 0 Å². The molecule has 1 aliphatic rings. The number of nitrogens with one attached hydrogen (secondary N) is 1. The molecule has 1 heterocycles. The molecule has 4 rings (SSSR count). The van der Waals surface area contributed by atoms with Gasteiger partial charge in [-0.3, -0.25) is 9.59 Å². The Morgan fingerprint density at radius 2 is 1.79 bits per heavy atom. The molecular formula is C25H21NO7S. The Hall–Kier alpha value is -4.11. The molecule has 0 bridgehead atoms. The Morgan fingerprint density at radius 1 is 1.03 bits per heavy atom. The van der Waals surface area contributed by atoms with E-state index >= 15 is 0 Å². The van der Waals surface area contributed by atoms with E-state index in [4.69, 9.17) is 13.7 Å². The molecule has 1 amide bonds. The van der Waals surface area contributed by atoms with E-state index in [9.17, 15) is 18.0 Å². The summed E-state index contributed by atoms with van der Waals surface area (Å²) >= 11 is 0. The standard InChI is InChI=1S/C25H21NO7S/c1-16-3-8-19(9-4-16)34(29,30)33-23-11-6-17(13-24(23)31-2)5-10-21(27)18-7-12-22-20(14-18)26-25(28)15-32-22/h3-14H,15H2,1-2H3,(H,26,28)/b10-5+. The third kappa shape index (κ3) is 5.10. The van der Waals surface area contributed by atoms with Crippen molar-refractivity contribution in [3.63, 3.8) is 0 Å². The van der Waals surface area contributed by atoms with E-state index in [1.54, 1.807) is 48.5 Å². The van der Waals surface area contributed by atoms with Gasteiger partial charge in [0.05, 0.1) is 12.8 Å². The van der Waals surface area contributed by atoms with E-state index in [0.29, 0.717) is 22.6 Å². The van der Waals surface area contributed by atoms with Crippen molar-refractivity contribution in [2.45, 2.75) is 11.8 Å². The predicted molar refractivity (Wildman–Crippen MR) is 126 cm³/mol. The van der Waals surface area contributed by atoms with Crippen LogP contribution >= 0.6 is 0 Å². The lowest BCUT2D eigenvalue weighted by atomic mass is 10.1. The van der Waals surface area contributed by atoms with Crippen molar-refractivity contribution in [2.24, 2.45) is 0 Å². The molecule has 0 radical (unpaired) electrons. The second kappa shape index (κ2) is 9.40. The van der Waals surface area contributed by atoms with Crippen molar-refractivity contribution in [1.29, 1.82) is 0 Å². The van der Waals surface area contributed by atoms with E-state index in [1.807, 2.05) is 6.92 Å². The highest BCUT2D eigenvalue weighted by atomic mass is 32.2. The van der Waals surface area contributed by atoms with Gasteiger partial charge in [-0.2, -0.15) is 8.42 Å². The van der Waals surface area contributed by atoms with Crippen molar-refractivity contribution in [2.75, 3.05) is 19.0 Å². The summed E-state index contributed by atoms with van der Waals surface area (Å²) in [4.78, 5) is 24.1. The molecular weight excluding hydrogens is 458 g/mol. The average Bonchev–Trinajstić information content (AvgIpc) is 2.82. The minimum absolute atomic E-state index is 0.0250. The molecule has 3 aromatic carbocycles. The lowest BCUT2D eigenvalue weighted by molar-refractivity contribution is -0.118. The van der Waals surface area contributed by atoms with Gasteiger partial charge in [-0.05, 0) is 61.0 Å². The topological polar surface area (TPSA) is 108 Å². The Labute approximate surface area is 196 Å². The van der Waals surface area contributed by atoms with Crippen LogP contribution in [0.5, 0.6) is 17.2 Å². The van der Waals surface area contributed by atoms with Crippen LogP contribution in [0, 0.1) is 6.92 Å². The van der Waals surface area contributed by atoms with Crippen LogP contribution in [0.2, 0.25) is 0 Å². The van der Waals surface area contributed by atoms with Crippen molar-refractivity contribution in [3.8, 4) is 17.2 Å². The zero-order valence-corrected chi connectivity index (χ0v) is 19.2. The lowest BCUT2D eigenvalue weighted by Crippen LogP contribution is -2.25. The molecule has 1 aliphatic heterocycles. The van der Waals surface area contributed by atoms with Crippen LogP contribution < -0.4 is 19.0 Å². The number of fused-ring (bicyclic) bond motifs is 1. The Morgan fingerprint density at radius 3 is 2.53 bits per heavy atom. The number of benzene rings is 3. The SMILES string of the molecule is COc1cc(/C=C/C(=O)c2ccc3c(c2)NC(=O)CO3)ccc1OS(=O)(=O)c1ccc(C)cc1. The third-order valence-corrected chi connectivity index (χ3v) is 6.27. The van der Waals surface area contributed by atoms with E-state index < -0.39 is 10.1 Å². The van der Waals surface area contributed by atoms with Crippen molar-refractivity contribution >= 4 is 33.6 Å². The molecule has 0 spiro atoms. The number of anilines is 1. The Balaban J connectivity index is 1.51. The minimum atomic E-state index is -4.04. The second-order valence-electron chi connectivity index (χ2n) is 7.51. The maximum absolute atomic E-state index is 12.6. The highest BCUT2D eigenvalue weighted by Crippen LogP contribution is 2.32. The number of hydrogen-bond acceptors (Lipinski definition) is 7. The van der Waals surface area contributed by atoms with Gasteiger partial charge < -0.3 is 19.0 Å². The summed E-state index contributed by atoms with van der Waals surface area (Å²) in [5.74, 6) is 0.146. The first-order valence-corrected chi connectivity index (χ1v) is 11.6. The molecule has 0 aromatic heterocycles. The van der Waals surface area contributed by atoms with Crippen LogP contribution in [0.15, 0.2) is 71.6 Å². The summed E-state index contributed by atoms with van der Waals surface area (Å²) in [6, 6.07) is 15.7. The summed E-state index contributed by atoms with van der Waals surface area (Å²) in [6.45, 7) is 1.79. The molecule has 1 N–H and O–H groups in total. The fourth-order valence-electron chi connectivity index (χ4n) is 3.23. The molecule has 174 valence electrons. The van der Waals surface area contributed by atoms with Gasteiger partial charge in [0, 0.05) is 5.56 Å². The van der Waals surface area contributed by atoms with Gasteiger partial charge >= 0.3 is 10.1 Å². The molecule has 0 saturated heterocycles. The summed E-state index contributed by atoms with van der Waals surface area (Å²) in [5, 5.41) is 2.66. The fraction of sp³-hybridized carbons (Fsp3) is 0.120. The number of aryl methyl sites for hydroxylation is 1. The molecule has 34 heavy (non-hydrogen) atoms. The summed E-state index contributed by atoms with van der Waals surface area (Å²) in [7, 11) is -2.65. The number of methoxy groups -OCH3 is 1. The van der Waals surface area contributed by atoms with E-state index in [-0.39, 0.29) is 34.7 Å². The van der Waals surface area contributed by atoms with E-state index in [0.717, 1.165) is 5.56 Å². The molecule has 9 heteroatoms. The number of rotatable bonds is 7. The fourth-order valence-corrected chi connectivity index (χ4v) is 4.17. The monoisotopic (exact) mass is 479 g/mol. The van der Waals surface area contributed by atoms with Gasteiger partial charge in [-0.25, -0.2) is 0 Å². The summed E-state index contributed by atoms with van der Waals surface area (Å²) < 4.78 is 41.0. The molecule has 0 unspecified atom stereocenters. The lowest BCUT2D eigenvalue weighted by Gasteiger charge is -2.17. The van der Waals surface area contributed by atoms with Gasteiger partial charge in [0.2, 0.25) is 0 Å². The van der Waals surface area contributed by atoms with Crippen LogP contribution in [0.4, 0.5) is 5.69 Å². The highest BCUT2D eigenvalue weighted by Gasteiger charge is 2.20. The quantitative estimate of drug-likeness (QED) is 0.310. The number of ether oxygens (including phenoxy) is 2. The second-order valence-corrected chi connectivity index (χ2v) is 9.05. The normalized spacial score (nSPS) is 13.1. The number of hydrogen-bond donors (Lipinski definition) is 1. The van der Waals surface area contributed by atoms with Crippen LogP contribution in [-0.2, 0) is 14.9 Å². The first kappa shape index (κ1) is 23.1. The van der Waals surface area contributed by atoms with Gasteiger partial charge in [0.15, 0.2) is 23.9 Å². The highest BCUT2D eigenvalue weighted by molar-refractivity contribution is 7.87. The minimum Gasteiger partial charge on any atom is -0.493 e. The van der Waals surface area contributed by atoms with Crippen molar-refractivity contribution in [3.05, 3.63) is 83.4 Å². The van der Waals surface area contributed by atoms with Crippen molar-refractivity contribution < 1.29 is 31.7 Å². The molecule has 3 aromatic rings. The molecule has 0 atom stereocenters. The number of carbonyl (C=O) groups is 2. The Bertz CT molecular complexity index is 1390. The number of ketones is 1. The smallest absolute Gasteiger partial charge is 0.339 e. The van der Waals surface area contributed by atoms with Gasteiger partial charge in [0.25, 0.3) is 5.91 Å². The van der Waals surface area contributed by atoms with Crippen molar-refractivity contribution in [1.82, 2.24) is 0 Å². The number of carbonyl (C=O) groups excluding carboxylic acids is 2. The van der Waals surface area contributed by atoms with Gasteiger partial charge in [0.1, 0.15) is 10.6 Å². The Kier molecular flexibility index (Phi) is 6.38. The third-order valence-electron chi connectivity index (χ3n) is 5.02. The predicted octanol–water partition coefficient (Wildman–Crippen LogP) is 4.00. The maximum atomic E-state index is 12.6. The number of allylic oxidation sites excluding steroid dienone is 1. The van der Waals surface area contributed by atoms with Crippen LogP contribution in [0.25, 0.3) is 6.08 Å².